The molecule has 0 radical (unpaired) electrons. The minimum absolute atomic E-state index is 0.107. The Morgan fingerprint density at radius 3 is 2.77 bits per heavy atom. The number of carbonyl (C=O) groups is 1. The second-order valence-corrected chi connectivity index (χ2v) is 8.83. The Morgan fingerprint density at radius 1 is 1.31 bits per heavy atom. The van der Waals surface area contributed by atoms with Gasteiger partial charge in [0.15, 0.2) is 0 Å². The van der Waals surface area contributed by atoms with Crippen molar-refractivity contribution in [2.45, 2.75) is 33.0 Å². The summed E-state index contributed by atoms with van der Waals surface area (Å²) in [6.07, 6.45) is 7.03. The first-order chi connectivity index (χ1) is 16.8. The predicted molar refractivity (Wildman–Crippen MR) is 142 cm³/mol. The number of rotatable bonds is 10. The van der Waals surface area contributed by atoms with Crippen LogP contribution in [0, 0.1) is 6.92 Å². The minimum Gasteiger partial charge on any atom is -0.487 e. The number of nitrogens with zero attached hydrogens (tertiary/aromatic N) is 3. The molecule has 0 aliphatic carbocycles. The van der Waals surface area contributed by atoms with Crippen LogP contribution in [-0.2, 0) is 17.9 Å². The number of halogens is 1. The van der Waals surface area contributed by atoms with Crippen LogP contribution in [0.25, 0.3) is 16.6 Å². The number of hydrogen-bond acceptors (Lipinski definition) is 6. The van der Waals surface area contributed by atoms with Crippen LogP contribution >= 0.6 is 11.6 Å². The molecule has 1 atom stereocenters. The van der Waals surface area contributed by atoms with Crippen LogP contribution in [0.2, 0.25) is 5.02 Å². The lowest BCUT2D eigenvalue weighted by Gasteiger charge is -2.20. The zero-order chi connectivity index (χ0) is 25.5. The van der Waals surface area contributed by atoms with Gasteiger partial charge in [0.25, 0.3) is 0 Å². The largest absolute Gasteiger partial charge is 0.487 e. The molecule has 3 aromatic rings. The number of likely N-dealkylation sites (N-methyl/N-ethyl adjacent to an activating group) is 1. The van der Waals surface area contributed by atoms with E-state index in [4.69, 9.17) is 21.3 Å². The van der Waals surface area contributed by atoms with Gasteiger partial charge in [0.1, 0.15) is 17.9 Å². The first-order valence-electron chi connectivity index (χ1n) is 11.4. The van der Waals surface area contributed by atoms with Crippen LogP contribution in [0.15, 0.2) is 55.4 Å². The van der Waals surface area contributed by atoms with Crippen molar-refractivity contribution in [1.29, 1.82) is 0 Å². The lowest BCUT2D eigenvalue weighted by molar-refractivity contribution is -0.122. The number of para-hydroxylation sites is 1. The summed E-state index contributed by atoms with van der Waals surface area (Å²) in [5, 5.41) is 7.29. The van der Waals surface area contributed by atoms with Gasteiger partial charge < -0.3 is 20.3 Å². The molecular formula is C27H32ClN5O2. The molecule has 1 amide bonds. The number of carbonyl (C=O) groups excluding carboxylic acids is 1. The van der Waals surface area contributed by atoms with Gasteiger partial charge >= 0.3 is 0 Å². The number of aryl methyl sites for hydroxylation is 1. The van der Waals surface area contributed by atoms with E-state index in [1.165, 1.54) is 0 Å². The minimum atomic E-state index is -0.303. The number of pyridine rings is 2. The van der Waals surface area contributed by atoms with Gasteiger partial charge in [-0.3, -0.25) is 9.78 Å². The molecule has 184 valence electrons. The van der Waals surface area contributed by atoms with Crippen molar-refractivity contribution >= 4 is 34.1 Å². The summed E-state index contributed by atoms with van der Waals surface area (Å²) in [4.78, 5) is 23.2. The maximum Gasteiger partial charge on any atom is 0.237 e. The molecule has 2 aromatic heterocycles. The quantitative estimate of drug-likeness (QED) is 0.405. The third-order valence-electron chi connectivity index (χ3n) is 5.71. The Morgan fingerprint density at radius 2 is 2.09 bits per heavy atom. The maximum absolute atomic E-state index is 12.2. The SMILES string of the molecule is C=C/C=C(/c1cc(C)nc2c(OCc3c(Cl)cncc3CNC(=O)C(C)NC)cccc12)N(C)C. The van der Waals surface area contributed by atoms with Crippen molar-refractivity contribution in [2.75, 3.05) is 21.1 Å². The fourth-order valence-corrected chi connectivity index (χ4v) is 3.93. The Bertz CT molecular complexity index is 1260. The molecule has 8 heteroatoms. The number of benzene rings is 1. The third-order valence-corrected chi connectivity index (χ3v) is 6.04. The molecule has 1 unspecified atom stereocenters. The van der Waals surface area contributed by atoms with Crippen molar-refractivity contribution < 1.29 is 9.53 Å². The molecule has 0 spiro atoms. The molecular weight excluding hydrogens is 462 g/mol. The number of nitrogens with one attached hydrogen (secondary N) is 2. The number of ether oxygens (including phenoxy) is 1. The van der Waals surface area contributed by atoms with Gasteiger partial charge in [0.2, 0.25) is 5.91 Å². The van der Waals surface area contributed by atoms with Gasteiger partial charge in [-0.25, -0.2) is 4.98 Å². The Balaban J connectivity index is 1.94. The first kappa shape index (κ1) is 26.2. The molecule has 2 heterocycles. The zero-order valence-electron chi connectivity index (χ0n) is 20.9. The number of amides is 1. The number of hydrogen-bond donors (Lipinski definition) is 2. The fourth-order valence-electron chi connectivity index (χ4n) is 3.70. The lowest BCUT2D eigenvalue weighted by atomic mass is 10.0. The van der Waals surface area contributed by atoms with Crippen molar-refractivity contribution in [3.05, 3.63) is 82.8 Å². The molecule has 0 bridgehead atoms. The Labute approximate surface area is 211 Å². The molecule has 7 nitrogen and oxygen atoms in total. The maximum atomic E-state index is 12.2. The molecule has 1 aromatic carbocycles. The summed E-state index contributed by atoms with van der Waals surface area (Å²) >= 11 is 6.48. The van der Waals surface area contributed by atoms with Crippen LogP contribution < -0.4 is 15.4 Å². The topological polar surface area (TPSA) is 79.4 Å². The second kappa shape index (κ2) is 11.8. The average molecular weight is 494 g/mol. The van der Waals surface area contributed by atoms with Gasteiger partial charge in [-0.15, -0.1) is 0 Å². The monoisotopic (exact) mass is 493 g/mol. The first-order valence-corrected chi connectivity index (χ1v) is 11.7. The van der Waals surface area contributed by atoms with E-state index in [0.717, 1.165) is 39.0 Å². The van der Waals surface area contributed by atoms with Crippen molar-refractivity contribution in [3.63, 3.8) is 0 Å². The molecule has 2 N–H and O–H groups in total. The van der Waals surface area contributed by atoms with Gasteiger partial charge in [0, 0.05) is 60.9 Å². The smallest absolute Gasteiger partial charge is 0.237 e. The van der Waals surface area contributed by atoms with Gasteiger partial charge in [-0.05, 0) is 44.7 Å². The molecule has 3 rings (SSSR count). The van der Waals surface area contributed by atoms with Crippen LogP contribution in [0.5, 0.6) is 5.75 Å². The number of fused-ring (bicyclic) bond motifs is 1. The standard InChI is InChI=1S/C27H32ClN5O2/c1-7-9-24(33(5)6)21-12-17(2)32-26-20(21)10-8-11-25(26)35-16-22-19(13-30-15-23(22)28)14-31-27(34)18(3)29-4/h7-13,15,18,29H,1,14,16H2,2-6H3,(H,31,34)/b24-9-. The van der Waals surface area contributed by atoms with Gasteiger partial charge in [0.05, 0.1) is 11.1 Å². The second-order valence-electron chi connectivity index (χ2n) is 8.42. The summed E-state index contributed by atoms with van der Waals surface area (Å²) in [7, 11) is 5.74. The lowest BCUT2D eigenvalue weighted by Crippen LogP contribution is -2.40. The summed E-state index contributed by atoms with van der Waals surface area (Å²) in [5.41, 5.74) is 5.28. The van der Waals surface area contributed by atoms with Crippen LogP contribution in [0.4, 0.5) is 0 Å². The third kappa shape index (κ3) is 6.18. The Hall–Kier alpha value is -3.42. The van der Waals surface area contributed by atoms with E-state index in [0.29, 0.717) is 17.3 Å². The van der Waals surface area contributed by atoms with Crippen molar-refractivity contribution in [2.24, 2.45) is 0 Å². The molecule has 0 aliphatic heterocycles. The van der Waals surface area contributed by atoms with Gasteiger partial charge in [-0.2, -0.15) is 0 Å². The van der Waals surface area contributed by atoms with Crippen molar-refractivity contribution in [3.8, 4) is 5.75 Å². The van der Waals surface area contributed by atoms with Crippen LogP contribution in [0.1, 0.15) is 29.3 Å². The Kier molecular flexibility index (Phi) is 8.84. The van der Waals surface area contributed by atoms with E-state index in [-0.39, 0.29) is 18.6 Å². The molecule has 0 fully saturated rings. The normalized spacial score (nSPS) is 12.3. The highest BCUT2D eigenvalue weighted by Gasteiger charge is 2.16. The van der Waals surface area contributed by atoms with E-state index in [9.17, 15) is 4.79 Å². The molecule has 0 aliphatic rings. The van der Waals surface area contributed by atoms with Crippen LogP contribution in [-0.4, -0.2) is 48.0 Å². The van der Waals surface area contributed by atoms with E-state index in [2.05, 4.69) is 33.2 Å². The number of aromatic nitrogens is 2. The van der Waals surface area contributed by atoms with Crippen molar-refractivity contribution in [1.82, 2.24) is 25.5 Å². The highest BCUT2D eigenvalue weighted by atomic mass is 35.5. The van der Waals surface area contributed by atoms with E-state index >= 15 is 0 Å². The fraction of sp³-hybridized carbons (Fsp3) is 0.296. The van der Waals surface area contributed by atoms with Gasteiger partial charge in [-0.1, -0.05) is 36.4 Å². The summed E-state index contributed by atoms with van der Waals surface area (Å²) in [6.45, 7) is 8.13. The molecule has 35 heavy (non-hydrogen) atoms. The highest BCUT2D eigenvalue weighted by Crippen LogP contribution is 2.32. The molecule has 0 saturated heterocycles. The predicted octanol–water partition coefficient (Wildman–Crippen LogP) is 4.48. The summed E-state index contributed by atoms with van der Waals surface area (Å²) in [6, 6.07) is 7.65. The highest BCUT2D eigenvalue weighted by molar-refractivity contribution is 6.31. The van der Waals surface area contributed by atoms with Crippen LogP contribution in [0.3, 0.4) is 0 Å². The number of allylic oxidation sites excluding steroid dienone is 2. The van der Waals surface area contributed by atoms with E-state index in [1.807, 2.05) is 45.3 Å². The molecule has 0 saturated carbocycles. The van der Waals surface area contributed by atoms with E-state index in [1.54, 1.807) is 32.4 Å². The summed E-state index contributed by atoms with van der Waals surface area (Å²) in [5.74, 6) is 0.542. The zero-order valence-corrected chi connectivity index (χ0v) is 21.6. The average Bonchev–Trinajstić information content (AvgIpc) is 2.84. The summed E-state index contributed by atoms with van der Waals surface area (Å²) < 4.78 is 6.26. The van der Waals surface area contributed by atoms with E-state index < -0.39 is 0 Å².